The normalized spacial score (nSPS) is 8.87. The maximum absolute atomic E-state index is 9.63. The quantitative estimate of drug-likeness (QED) is 0.706. The van der Waals surface area contributed by atoms with Crippen molar-refractivity contribution in [3.05, 3.63) is 42.0 Å². The highest BCUT2D eigenvalue weighted by atomic mass is 16.3. The number of benzene rings is 2. The van der Waals surface area contributed by atoms with Gasteiger partial charge in [-0.2, -0.15) is 5.26 Å². The van der Waals surface area contributed by atoms with Gasteiger partial charge >= 0.3 is 0 Å². The van der Waals surface area contributed by atoms with E-state index < -0.39 is 0 Å². The molecule has 0 amide bonds. The summed E-state index contributed by atoms with van der Waals surface area (Å²) in [6, 6.07) is 12.8. The molecule has 2 aromatic rings. The second-order valence-corrected chi connectivity index (χ2v) is 2.79. The predicted molar refractivity (Wildman–Crippen MR) is 61.7 cm³/mol. The van der Waals surface area contributed by atoms with Gasteiger partial charge in [0.15, 0.2) is 0 Å². The van der Waals surface area contributed by atoms with E-state index in [0.29, 0.717) is 5.56 Å². The molecule has 0 aliphatic heterocycles. The van der Waals surface area contributed by atoms with E-state index in [4.69, 9.17) is 5.26 Å². The van der Waals surface area contributed by atoms with Crippen molar-refractivity contribution >= 4 is 10.8 Å². The van der Waals surface area contributed by atoms with Gasteiger partial charge in [0.2, 0.25) is 0 Å². The molecule has 0 saturated carbocycles. The zero-order valence-corrected chi connectivity index (χ0v) is 8.86. The average molecular weight is 199 g/mol. The van der Waals surface area contributed by atoms with Crippen molar-refractivity contribution in [2.24, 2.45) is 0 Å². The van der Waals surface area contributed by atoms with Gasteiger partial charge in [-0.15, -0.1) is 0 Å². The molecule has 2 heteroatoms. The minimum atomic E-state index is 0.0700. The van der Waals surface area contributed by atoms with E-state index in [0.717, 1.165) is 10.8 Å². The van der Waals surface area contributed by atoms with E-state index in [9.17, 15) is 5.11 Å². The summed E-state index contributed by atoms with van der Waals surface area (Å²) in [5.41, 5.74) is 0.318. The van der Waals surface area contributed by atoms with Crippen LogP contribution in [0.5, 0.6) is 5.75 Å². The molecule has 1 N–H and O–H groups in total. The Kier molecular flexibility index (Phi) is 3.70. The van der Waals surface area contributed by atoms with Crippen LogP contribution in [0.1, 0.15) is 19.4 Å². The van der Waals surface area contributed by atoms with Gasteiger partial charge in [-0.05, 0) is 11.5 Å². The summed E-state index contributed by atoms with van der Waals surface area (Å²) in [4.78, 5) is 0. The third kappa shape index (κ3) is 2.08. The maximum Gasteiger partial charge on any atom is 0.141 e. The lowest BCUT2D eigenvalue weighted by Crippen LogP contribution is -1.78. The Morgan fingerprint density at radius 1 is 1.07 bits per heavy atom. The molecule has 0 aromatic heterocycles. The molecular weight excluding hydrogens is 186 g/mol. The van der Waals surface area contributed by atoms with Crippen molar-refractivity contribution in [3.8, 4) is 11.8 Å². The number of rotatable bonds is 0. The fourth-order valence-electron chi connectivity index (χ4n) is 1.35. The molecule has 0 fully saturated rings. The number of phenolic OH excluding ortho intramolecular Hbond substituents is 1. The van der Waals surface area contributed by atoms with Crippen molar-refractivity contribution in [3.63, 3.8) is 0 Å². The molecule has 2 aromatic carbocycles. The number of phenols is 1. The first-order valence-electron chi connectivity index (χ1n) is 4.94. The maximum atomic E-state index is 9.63. The van der Waals surface area contributed by atoms with Crippen molar-refractivity contribution < 1.29 is 5.11 Å². The molecule has 15 heavy (non-hydrogen) atoms. The zero-order valence-electron chi connectivity index (χ0n) is 8.86. The first kappa shape index (κ1) is 11.1. The van der Waals surface area contributed by atoms with Crippen LogP contribution in [-0.2, 0) is 0 Å². The van der Waals surface area contributed by atoms with Crippen LogP contribution in [0.2, 0.25) is 0 Å². The summed E-state index contributed by atoms with van der Waals surface area (Å²) in [6.45, 7) is 4.00. The Morgan fingerprint density at radius 3 is 2.40 bits per heavy atom. The molecular formula is C13H13NO. The monoisotopic (exact) mass is 199 g/mol. The number of fused-ring (bicyclic) bond motifs is 1. The lowest BCUT2D eigenvalue weighted by atomic mass is 10.1. The van der Waals surface area contributed by atoms with Gasteiger partial charge in [-0.25, -0.2) is 0 Å². The number of hydrogen-bond acceptors (Lipinski definition) is 2. The van der Waals surface area contributed by atoms with Crippen molar-refractivity contribution in [2.45, 2.75) is 13.8 Å². The van der Waals surface area contributed by atoms with Crippen LogP contribution < -0.4 is 0 Å². The molecule has 2 nitrogen and oxygen atoms in total. The van der Waals surface area contributed by atoms with Crippen LogP contribution in [0.3, 0.4) is 0 Å². The summed E-state index contributed by atoms with van der Waals surface area (Å²) >= 11 is 0. The van der Waals surface area contributed by atoms with Gasteiger partial charge < -0.3 is 5.11 Å². The Labute approximate surface area is 89.4 Å². The van der Waals surface area contributed by atoms with Crippen LogP contribution in [-0.4, -0.2) is 5.11 Å². The van der Waals surface area contributed by atoms with Gasteiger partial charge in [-0.3, -0.25) is 0 Å². The van der Waals surface area contributed by atoms with Crippen molar-refractivity contribution in [1.82, 2.24) is 0 Å². The summed E-state index contributed by atoms with van der Waals surface area (Å²) in [5, 5.41) is 20.0. The topological polar surface area (TPSA) is 44.0 Å². The molecule has 0 unspecified atom stereocenters. The van der Waals surface area contributed by atoms with Crippen molar-refractivity contribution in [1.29, 1.82) is 5.26 Å². The molecule has 2 rings (SSSR count). The SMILES string of the molecule is CC.N#Cc1ccc2ccccc2c1O. The van der Waals surface area contributed by atoms with E-state index in [-0.39, 0.29) is 5.75 Å². The molecule has 0 aliphatic carbocycles. The summed E-state index contributed by atoms with van der Waals surface area (Å²) in [6.07, 6.45) is 0. The highest BCUT2D eigenvalue weighted by Crippen LogP contribution is 2.27. The highest BCUT2D eigenvalue weighted by molar-refractivity contribution is 5.90. The smallest absolute Gasteiger partial charge is 0.141 e. The Bertz CT molecular complexity index is 497. The molecule has 0 bridgehead atoms. The van der Waals surface area contributed by atoms with Gasteiger partial charge in [0.05, 0.1) is 5.56 Å². The summed E-state index contributed by atoms with van der Waals surface area (Å²) < 4.78 is 0. The number of hydrogen-bond donors (Lipinski definition) is 1. The second kappa shape index (κ2) is 5.02. The largest absolute Gasteiger partial charge is 0.506 e. The first-order valence-corrected chi connectivity index (χ1v) is 4.94. The van der Waals surface area contributed by atoms with Crippen LogP contribution in [0, 0.1) is 11.3 Å². The summed E-state index contributed by atoms with van der Waals surface area (Å²) in [7, 11) is 0. The molecule has 0 heterocycles. The fraction of sp³-hybridized carbons (Fsp3) is 0.154. The summed E-state index contributed by atoms with van der Waals surface area (Å²) in [5.74, 6) is 0.0700. The number of nitriles is 1. The Hall–Kier alpha value is -2.01. The lowest BCUT2D eigenvalue weighted by Gasteiger charge is -2.01. The van der Waals surface area contributed by atoms with Gasteiger partial charge in [0.25, 0.3) is 0 Å². The standard InChI is InChI=1S/C11H7NO.C2H6/c12-7-9-6-5-8-3-1-2-4-10(8)11(9)13;1-2/h1-6,13H;1-2H3. The van der Waals surface area contributed by atoms with Crippen LogP contribution in [0.25, 0.3) is 10.8 Å². The van der Waals surface area contributed by atoms with Gasteiger partial charge in [-0.1, -0.05) is 44.2 Å². The number of nitrogens with zero attached hydrogens (tertiary/aromatic N) is 1. The minimum absolute atomic E-state index is 0.0700. The third-order valence-corrected chi connectivity index (χ3v) is 2.02. The van der Waals surface area contributed by atoms with E-state index in [1.54, 1.807) is 12.1 Å². The minimum Gasteiger partial charge on any atom is -0.506 e. The van der Waals surface area contributed by atoms with Crippen LogP contribution in [0.15, 0.2) is 36.4 Å². The molecule has 0 spiro atoms. The second-order valence-electron chi connectivity index (χ2n) is 2.79. The van der Waals surface area contributed by atoms with Crippen LogP contribution >= 0.6 is 0 Å². The molecule has 0 aliphatic rings. The molecule has 0 saturated heterocycles. The third-order valence-electron chi connectivity index (χ3n) is 2.02. The van der Waals surface area contributed by atoms with Crippen molar-refractivity contribution in [2.75, 3.05) is 0 Å². The van der Waals surface area contributed by atoms with Crippen LogP contribution in [0.4, 0.5) is 0 Å². The fourth-order valence-corrected chi connectivity index (χ4v) is 1.35. The zero-order chi connectivity index (χ0) is 11.3. The van der Waals surface area contributed by atoms with E-state index in [1.807, 2.05) is 44.2 Å². The van der Waals surface area contributed by atoms with E-state index in [1.165, 1.54) is 0 Å². The van der Waals surface area contributed by atoms with E-state index in [2.05, 4.69) is 0 Å². The average Bonchev–Trinajstić information content (AvgIpc) is 2.33. The van der Waals surface area contributed by atoms with Gasteiger partial charge in [0, 0.05) is 5.39 Å². The van der Waals surface area contributed by atoms with Gasteiger partial charge in [0.1, 0.15) is 11.8 Å². The molecule has 0 radical (unpaired) electrons. The first-order chi connectivity index (χ1) is 7.33. The molecule has 76 valence electrons. The Balaban J connectivity index is 0.000000531. The Morgan fingerprint density at radius 2 is 1.73 bits per heavy atom. The lowest BCUT2D eigenvalue weighted by molar-refractivity contribution is 0.480. The number of aromatic hydroxyl groups is 1. The van der Waals surface area contributed by atoms with E-state index >= 15 is 0 Å². The predicted octanol–water partition coefficient (Wildman–Crippen LogP) is 3.44. The molecule has 0 atom stereocenters. The highest BCUT2D eigenvalue weighted by Gasteiger charge is 2.03.